The van der Waals surface area contributed by atoms with E-state index in [0.29, 0.717) is 32.8 Å². The molecule has 0 N–H and O–H groups in total. The van der Waals surface area contributed by atoms with Gasteiger partial charge in [-0.1, -0.05) is 6.07 Å². The van der Waals surface area contributed by atoms with Crippen LogP contribution in [0.5, 0.6) is 0 Å². The molecule has 0 aliphatic carbocycles. The van der Waals surface area contributed by atoms with Crippen LogP contribution in [0.1, 0.15) is 16.6 Å². The molecule has 2 heterocycles. The highest BCUT2D eigenvalue weighted by Gasteiger charge is 2.24. The summed E-state index contributed by atoms with van der Waals surface area (Å²) in [6.07, 6.45) is 0. The first kappa shape index (κ1) is 14.0. The molecule has 2 rings (SSSR count). The average molecular weight is 282 g/mol. The summed E-state index contributed by atoms with van der Waals surface area (Å²) in [5, 5.41) is 1.90. The zero-order chi connectivity index (χ0) is 13.7. The summed E-state index contributed by atoms with van der Waals surface area (Å²) in [7, 11) is 0. The lowest BCUT2D eigenvalue weighted by Crippen LogP contribution is -2.51. The molecular formula is C13H18N2O3S. The number of rotatable bonds is 4. The van der Waals surface area contributed by atoms with Gasteiger partial charge in [-0.25, -0.2) is 0 Å². The van der Waals surface area contributed by atoms with Gasteiger partial charge in [0.2, 0.25) is 5.91 Å². The van der Waals surface area contributed by atoms with Crippen molar-refractivity contribution in [3.05, 3.63) is 22.4 Å². The van der Waals surface area contributed by atoms with E-state index in [-0.39, 0.29) is 18.4 Å². The molecule has 6 heteroatoms. The molecule has 0 aromatic carbocycles. The van der Waals surface area contributed by atoms with Crippen molar-refractivity contribution in [3.8, 4) is 0 Å². The summed E-state index contributed by atoms with van der Waals surface area (Å²) >= 11 is 1.45. The highest BCUT2D eigenvalue weighted by Crippen LogP contribution is 2.13. The number of amides is 2. The number of carbonyl (C=O) groups is 2. The maximum absolute atomic E-state index is 12.1. The highest BCUT2D eigenvalue weighted by atomic mass is 32.1. The fraction of sp³-hybridized carbons (Fsp3) is 0.538. The summed E-state index contributed by atoms with van der Waals surface area (Å²) in [5.74, 6) is 0.0666. The molecule has 1 aromatic heterocycles. The number of ether oxygens (including phenoxy) is 1. The molecule has 19 heavy (non-hydrogen) atoms. The Labute approximate surface area is 116 Å². The van der Waals surface area contributed by atoms with Crippen molar-refractivity contribution < 1.29 is 14.3 Å². The molecule has 0 radical (unpaired) electrons. The zero-order valence-corrected chi connectivity index (χ0v) is 11.8. The molecule has 0 bridgehead atoms. The van der Waals surface area contributed by atoms with E-state index in [1.807, 2.05) is 24.4 Å². The summed E-state index contributed by atoms with van der Waals surface area (Å²) < 4.78 is 5.11. The minimum absolute atomic E-state index is 0.00470. The number of hydrogen-bond acceptors (Lipinski definition) is 4. The molecule has 1 aliphatic heterocycles. The van der Waals surface area contributed by atoms with Gasteiger partial charge in [-0.3, -0.25) is 9.59 Å². The van der Waals surface area contributed by atoms with Crippen molar-refractivity contribution in [1.29, 1.82) is 0 Å². The van der Waals surface area contributed by atoms with E-state index in [1.54, 1.807) is 9.80 Å². The minimum atomic E-state index is 0.00470. The van der Waals surface area contributed by atoms with Crippen LogP contribution in [0.25, 0.3) is 0 Å². The standard InChI is InChI=1S/C13H18N2O3S/c1-2-18-10-12(16)14-5-7-15(8-6-14)13(17)11-4-3-9-19-11/h3-4,9H,2,5-8,10H2,1H3. The Morgan fingerprint density at radius 2 is 1.95 bits per heavy atom. The second-order valence-corrected chi connectivity index (χ2v) is 5.24. The van der Waals surface area contributed by atoms with Crippen LogP contribution in [0.15, 0.2) is 17.5 Å². The number of piperazine rings is 1. The number of thiophene rings is 1. The van der Waals surface area contributed by atoms with Crippen LogP contribution >= 0.6 is 11.3 Å². The predicted molar refractivity (Wildman–Crippen MR) is 73.3 cm³/mol. The maximum atomic E-state index is 12.1. The molecule has 0 atom stereocenters. The van der Waals surface area contributed by atoms with E-state index in [4.69, 9.17) is 4.74 Å². The second kappa shape index (κ2) is 6.68. The smallest absolute Gasteiger partial charge is 0.264 e. The summed E-state index contributed by atoms with van der Waals surface area (Å²) in [5.41, 5.74) is 0. The predicted octanol–water partition coefficient (Wildman–Crippen LogP) is 1.07. The fourth-order valence-electron chi connectivity index (χ4n) is 2.00. The number of carbonyl (C=O) groups excluding carboxylic acids is 2. The third-order valence-electron chi connectivity index (χ3n) is 3.08. The Kier molecular flexibility index (Phi) is 4.93. The molecule has 2 amide bonds. The van der Waals surface area contributed by atoms with Crippen molar-refractivity contribution in [2.75, 3.05) is 39.4 Å². The van der Waals surface area contributed by atoms with Gasteiger partial charge in [0, 0.05) is 32.8 Å². The van der Waals surface area contributed by atoms with E-state index < -0.39 is 0 Å². The third-order valence-corrected chi connectivity index (χ3v) is 3.94. The highest BCUT2D eigenvalue weighted by molar-refractivity contribution is 7.12. The molecule has 1 saturated heterocycles. The molecule has 1 aromatic rings. The van der Waals surface area contributed by atoms with Crippen LogP contribution in [0, 0.1) is 0 Å². The Bertz CT molecular complexity index is 425. The van der Waals surface area contributed by atoms with Gasteiger partial charge < -0.3 is 14.5 Å². The van der Waals surface area contributed by atoms with Gasteiger partial charge in [-0.15, -0.1) is 11.3 Å². The Balaban J connectivity index is 1.82. The average Bonchev–Trinajstić information content (AvgIpc) is 2.98. The molecule has 0 saturated carbocycles. The van der Waals surface area contributed by atoms with Crippen molar-refractivity contribution in [1.82, 2.24) is 9.80 Å². The van der Waals surface area contributed by atoms with Gasteiger partial charge in [-0.2, -0.15) is 0 Å². The summed E-state index contributed by atoms with van der Waals surface area (Å²) in [6, 6.07) is 3.71. The van der Waals surface area contributed by atoms with Gasteiger partial charge >= 0.3 is 0 Å². The molecule has 1 fully saturated rings. The van der Waals surface area contributed by atoms with E-state index in [2.05, 4.69) is 0 Å². The Hall–Kier alpha value is -1.40. The molecule has 104 valence electrons. The maximum Gasteiger partial charge on any atom is 0.264 e. The lowest BCUT2D eigenvalue weighted by molar-refractivity contribution is -0.137. The Morgan fingerprint density at radius 3 is 2.53 bits per heavy atom. The minimum Gasteiger partial charge on any atom is -0.372 e. The van der Waals surface area contributed by atoms with Crippen molar-refractivity contribution in [2.45, 2.75) is 6.92 Å². The molecule has 0 spiro atoms. The summed E-state index contributed by atoms with van der Waals surface area (Å²) in [4.78, 5) is 28.2. The van der Waals surface area contributed by atoms with Gasteiger partial charge in [0.15, 0.2) is 0 Å². The molecule has 5 nitrogen and oxygen atoms in total. The third kappa shape index (κ3) is 3.54. The van der Waals surface area contributed by atoms with E-state index in [0.717, 1.165) is 4.88 Å². The van der Waals surface area contributed by atoms with Crippen LogP contribution in [0.2, 0.25) is 0 Å². The van der Waals surface area contributed by atoms with Crippen LogP contribution in [-0.2, 0) is 9.53 Å². The number of nitrogens with zero attached hydrogens (tertiary/aromatic N) is 2. The summed E-state index contributed by atoms with van der Waals surface area (Å²) in [6.45, 7) is 4.90. The van der Waals surface area contributed by atoms with Crippen LogP contribution < -0.4 is 0 Å². The first-order valence-corrected chi connectivity index (χ1v) is 7.28. The van der Waals surface area contributed by atoms with Gasteiger partial charge in [-0.05, 0) is 18.4 Å². The number of hydrogen-bond donors (Lipinski definition) is 0. The van der Waals surface area contributed by atoms with E-state index >= 15 is 0 Å². The SMILES string of the molecule is CCOCC(=O)N1CCN(C(=O)c2cccs2)CC1. The molecular weight excluding hydrogens is 264 g/mol. The Morgan fingerprint density at radius 1 is 1.26 bits per heavy atom. The largest absolute Gasteiger partial charge is 0.372 e. The fourth-order valence-corrected chi connectivity index (χ4v) is 2.69. The van der Waals surface area contributed by atoms with Crippen molar-refractivity contribution in [3.63, 3.8) is 0 Å². The van der Waals surface area contributed by atoms with Gasteiger partial charge in [0.05, 0.1) is 4.88 Å². The zero-order valence-electron chi connectivity index (χ0n) is 11.0. The van der Waals surface area contributed by atoms with E-state index in [9.17, 15) is 9.59 Å². The lowest BCUT2D eigenvalue weighted by atomic mass is 10.3. The van der Waals surface area contributed by atoms with Crippen LogP contribution in [-0.4, -0.2) is 61.0 Å². The van der Waals surface area contributed by atoms with Gasteiger partial charge in [0.1, 0.15) is 6.61 Å². The van der Waals surface area contributed by atoms with Crippen LogP contribution in [0.3, 0.4) is 0 Å². The molecule has 1 aliphatic rings. The second-order valence-electron chi connectivity index (χ2n) is 4.29. The first-order valence-electron chi connectivity index (χ1n) is 6.40. The molecule has 0 unspecified atom stereocenters. The lowest BCUT2D eigenvalue weighted by Gasteiger charge is -2.34. The normalized spacial score (nSPS) is 15.6. The van der Waals surface area contributed by atoms with Gasteiger partial charge in [0.25, 0.3) is 5.91 Å². The van der Waals surface area contributed by atoms with Crippen molar-refractivity contribution in [2.24, 2.45) is 0 Å². The van der Waals surface area contributed by atoms with Crippen molar-refractivity contribution >= 4 is 23.2 Å². The topological polar surface area (TPSA) is 49.9 Å². The monoisotopic (exact) mass is 282 g/mol. The van der Waals surface area contributed by atoms with Crippen LogP contribution in [0.4, 0.5) is 0 Å². The first-order chi connectivity index (χ1) is 9.22. The van der Waals surface area contributed by atoms with E-state index in [1.165, 1.54) is 11.3 Å². The quantitative estimate of drug-likeness (QED) is 0.830.